The smallest absolute Gasteiger partial charge is 0.338 e. The molecule has 32 heavy (non-hydrogen) atoms. The number of halogens is 2. The van der Waals surface area contributed by atoms with Gasteiger partial charge in [0.2, 0.25) is 0 Å². The van der Waals surface area contributed by atoms with E-state index in [0.717, 1.165) is 28.1 Å². The molecule has 0 saturated carbocycles. The molecule has 6 nitrogen and oxygen atoms in total. The Bertz CT molecular complexity index is 1270. The summed E-state index contributed by atoms with van der Waals surface area (Å²) in [6, 6.07) is 14.7. The van der Waals surface area contributed by atoms with Crippen LogP contribution in [0.25, 0.3) is 0 Å². The van der Waals surface area contributed by atoms with Gasteiger partial charge in [-0.05, 0) is 55.5 Å². The lowest BCUT2D eigenvalue weighted by Gasteiger charge is -2.20. The summed E-state index contributed by atoms with van der Waals surface area (Å²) in [7, 11) is -2.57. The number of hydrogen-bond acceptors (Lipinski definition) is 5. The van der Waals surface area contributed by atoms with Gasteiger partial charge in [0.05, 0.1) is 16.1 Å². The highest BCUT2D eigenvalue weighted by molar-refractivity contribution is 7.92. The molecule has 0 radical (unpaired) electrons. The van der Waals surface area contributed by atoms with Crippen molar-refractivity contribution in [1.82, 2.24) is 0 Å². The molecule has 0 aliphatic heterocycles. The van der Waals surface area contributed by atoms with Crippen LogP contribution in [0.2, 0.25) is 0 Å². The molecule has 9 heteroatoms. The number of benzene rings is 3. The molecule has 0 spiro atoms. The van der Waals surface area contributed by atoms with Crippen molar-refractivity contribution in [2.45, 2.75) is 11.8 Å². The van der Waals surface area contributed by atoms with E-state index in [0.29, 0.717) is 11.8 Å². The number of aryl methyl sites for hydroxylation is 1. The summed E-state index contributed by atoms with van der Waals surface area (Å²) in [5.74, 6) is -3.97. The van der Waals surface area contributed by atoms with Crippen LogP contribution in [0.5, 0.6) is 0 Å². The number of ketones is 1. The van der Waals surface area contributed by atoms with Gasteiger partial charge in [-0.25, -0.2) is 22.0 Å². The Balaban J connectivity index is 1.74. The molecule has 0 fully saturated rings. The average molecular weight is 459 g/mol. The van der Waals surface area contributed by atoms with Gasteiger partial charge >= 0.3 is 5.97 Å². The first-order chi connectivity index (χ1) is 15.1. The van der Waals surface area contributed by atoms with E-state index in [1.54, 1.807) is 24.3 Å². The third kappa shape index (κ3) is 5.00. The maximum absolute atomic E-state index is 13.3. The lowest BCUT2D eigenvalue weighted by atomic mass is 10.1. The van der Waals surface area contributed by atoms with E-state index in [2.05, 4.69) is 0 Å². The Labute approximate surface area is 184 Å². The van der Waals surface area contributed by atoms with Crippen LogP contribution in [0.15, 0.2) is 71.6 Å². The third-order valence-corrected chi connectivity index (χ3v) is 6.48. The Kier molecular flexibility index (Phi) is 6.69. The number of ether oxygens (including phenoxy) is 1. The molecule has 0 atom stereocenters. The van der Waals surface area contributed by atoms with Gasteiger partial charge in [0.25, 0.3) is 10.0 Å². The van der Waals surface area contributed by atoms with Crippen LogP contribution in [0.4, 0.5) is 14.5 Å². The van der Waals surface area contributed by atoms with Crippen LogP contribution in [0.1, 0.15) is 26.3 Å². The largest absolute Gasteiger partial charge is 0.454 e. The van der Waals surface area contributed by atoms with Crippen LogP contribution >= 0.6 is 0 Å². The predicted molar refractivity (Wildman–Crippen MR) is 114 cm³/mol. The van der Waals surface area contributed by atoms with E-state index in [4.69, 9.17) is 4.74 Å². The highest BCUT2D eigenvalue weighted by atomic mass is 32.2. The van der Waals surface area contributed by atoms with Crippen molar-refractivity contribution < 1.29 is 31.5 Å². The molecule has 166 valence electrons. The van der Waals surface area contributed by atoms with Gasteiger partial charge in [-0.1, -0.05) is 23.8 Å². The average Bonchev–Trinajstić information content (AvgIpc) is 2.79. The number of anilines is 1. The van der Waals surface area contributed by atoms with Crippen LogP contribution < -0.4 is 4.31 Å². The lowest BCUT2D eigenvalue weighted by Crippen LogP contribution is -2.26. The number of esters is 1. The van der Waals surface area contributed by atoms with Crippen molar-refractivity contribution in [3.63, 3.8) is 0 Å². The summed E-state index contributed by atoms with van der Waals surface area (Å²) in [5, 5.41) is 0. The molecule has 0 aromatic heterocycles. The van der Waals surface area contributed by atoms with Crippen molar-refractivity contribution in [1.29, 1.82) is 0 Å². The number of carbonyl (C=O) groups is 2. The number of sulfonamides is 1. The zero-order valence-electron chi connectivity index (χ0n) is 17.2. The van der Waals surface area contributed by atoms with Gasteiger partial charge in [0, 0.05) is 12.6 Å². The minimum Gasteiger partial charge on any atom is -0.454 e. The number of Topliss-reactive ketones (excluding diaryl/α,β-unsaturated/α-hetero) is 1. The molecule has 0 amide bonds. The molecule has 0 heterocycles. The Morgan fingerprint density at radius 2 is 1.59 bits per heavy atom. The topological polar surface area (TPSA) is 80.8 Å². The number of nitrogens with zero attached hydrogens (tertiary/aromatic N) is 1. The van der Waals surface area contributed by atoms with Crippen molar-refractivity contribution in [2.75, 3.05) is 18.0 Å². The molecule has 0 unspecified atom stereocenters. The van der Waals surface area contributed by atoms with E-state index in [1.807, 2.05) is 6.92 Å². The van der Waals surface area contributed by atoms with E-state index in [1.165, 1.54) is 25.2 Å². The normalized spacial score (nSPS) is 11.1. The summed E-state index contributed by atoms with van der Waals surface area (Å²) in [6.07, 6.45) is 0. The van der Waals surface area contributed by atoms with Gasteiger partial charge in [0.15, 0.2) is 24.0 Å². The molecule has 0 N–H and O–H groups in total. The quantitative estimate of drug-likeness (QED) is 0.392. The summed E-state index contributed by atoms with van der Waals surface area (Å²) in [4.78, 5) is 24.3. The Hall–Kier alpha value is -3.59. The number of carbonyl (C=O) groups excluding carboxylic acids is 2. The number of hydrogen-bond donors (Lipinski definition) is 0. The van der Waals surface area contributed by atoms with Gasteiger partial charge in [-0.15, -0.1) is 0 Å². The summed E-state index contributed by atoms with van der Waals surface area (Å²) in [6.45, 7) is 1.16. The van der Waals surface area contributed by atoms with Crippen LogP contribution in [-0.4, -0.2) is 33.8 Å². The first-order valence-corrected chi connectivity index (χ1v) is 10.8. The SMILES string of the molecule is Cc1ccc(N(C)S(=O)(=O)c2cccc(C(=O)OCC(=O)c3ccc(F)c(F)c3)c2)cc1. The molecule has 0 aliphatic rings. The minimum atomic E-state index is -3.96. The standard InChI is InChI=1S/C23H19F2NO5S/c1-15-6-9-18(10-7-15)26(2)32(29,30)19-5-3-4-17(12-19)23(28)31-14-22(27)16-8-11-20(24)21(25)13-16/h3-13H,14H2,1-2H3. The second-order valence-electron chi connectivity index (χ2n) is 6.96. The molecular formula is C23H19F2NO5S. The van der Waals surface area contributed by atoms with Crippen LogP contribution in [0.3, 0.4) is 0 Å². The fraction of sp³-hybridized carbons (Fsp3) is 0.130. The highest BCUT2D eigenvalue weighted by Gasteiger charge is 2.23. The van der Waals surface area contributed by atoms with Gasteiger partial charge in [-0.3, -0.25) is 9.10 Å². The van der Waals surface area contributed by atoms with Gasteiger partial charge in [0.1, 0.15) is 0 Å². The van der Waals surface area contributed by atoms with E-state index in [9.17, 15) is 26.8 Å². The second kappa shape index (κ2) is 9.27. The molecule has 3 rings (SSSR count). The Morgan fingerprint density at radius 3 is 2.25 bits per heavy atom. The molecule has 0 bridgehead atoms. The first-order valence-electron chi connectivity index (χ1n) is 9.40. The Morgan fingerprint density at radius 1 is 0.906 bits per heavy atom. The lowest BCUT2D eigenvalue weighted by molar-refractivity contribution is 0.0474. The zero-order chi connectivity index (χ0) is 23.5. The van der Waals surface area contributed by atoms with Crippen LogP contribution in [-0.2, 0) is 14.8 Å². The molecule has 0 saturated heterocycles. The summed E-state index contributed by atoms with van der Waals surface area (Å²) < 4.78 is 58.2. The van der Waals surface area contributed by atoms with Crippen LogP contribution in [0, 0.1) is 18.6 Å². The second-order valence-corrected chi connectivity index (χ2v) is 8.93. The van der Waals surface area contributed by atoms with Crippen molar-refractivity contribution in [3.8, 4) is 0 Å². The molecule has 3 aromatic carbocycles. The molecular weight excluding hydrogens is 440 g/mol. The van der Waals surface area contributed by atoms with E-state index < -0.39 is 40.0 Å². The van der Waals surface area contributed by atoms with Gasteiger partial charge < -0.3 is 4.74 Å². The fourth-order valence-electron chi connectivity index (χ4n) is 2.80. The summed E-state index contributed by atoms with van der Waals surface area (Å²) >= 11 is 0. The fourth-order valence-corrected chi connectivity index (χ4v) is 4.04. The van der Waals surface area contributed by atoms with Gasteiger partial charge in [-0.2, -0.15) is 0 Å². The number of rotatable bonds is 7. The van der Waals surface area contributed by atoms with Crippen molar-refractivity contribution in [3.05, 3.63) is 95.1 Å². The van der Waals surface area contributed by atoms with Crippen molar-refractivity contribution >= 4 is 27.5 Å². The maximum atomic E-state index is 13.3. The third-order valence-electron chi connectivity index (χ3n) is 4.70. The maximum Gasteiger partial charge on any atom is 0.338 e. The highest BCUT2D eigenvalue weighted by Crippen LogP contribution is 2.23. The molecule has 0 aliphatic carbocycles. The van der Waals surface area contributed by atoms with E-state index >= 15 is 0 Å². The van der Waals surface area contributed by atoms with E-state index in [-0.39, 0.29) is 16.0 Å². The zero-order valence-corrected chi connectivity index (χ0v) is 18.0. The molecule has 3 aromatic rings. The monoisotopic (exact) mass is 459 g/mol. The van der Waals surface area contributed by atoms with Crippen molar-refractivity contribution in [2.24, 2.45) is 0 Å². The summed E-state index contributed by atoms with van der Waals surface area (Å²) in [5.41, 5.74) is 1.18. The first kappa shape index (κ1) is 23.1. The minimum absolute atomic E-state index is 0.0820. The predicted octanol–water partition coefficient (Wildman–Crippen LogP) is 4.14.